The maximum Gasteiger partial charge on any atom is 0.275 e. The molecule has 116 valence electrons. The lowest BCUT2D eigenvalue weighted by molar-refractivity contribution is -0.625. The number of unbranched alkanes of at least 4 members (excludes halogenated alkanes) is 1. The van der Waals surface area contributed by atoms with Gasteiger partial charge < -0.3 is 10.0 Å². The van der Waals surface area contributed by atoms with Crippen molar-refractivity contribution < 1.29 is 9.68 Å². The fourth-order valence-electron chi connectivity index (χ4n) is 2.63. The van der Waals surface area contributed by atoms with E-state index >= 15 is 0 Å². The number of nitrogens with zero attached hydrogens (tertiary/aromatic N) is 2. The molecule has 2 unspecified atom stereocenters. The van der Waals surface area contributed by atoms with Crippen LogP contribution in [0, 0.1) is 0 Å². The first-order valence-electron chi connectivity index (χ1n) is 7.65. The number of hydrogen-bond acceptors (Lipinski definition) is 3. The molecule has 0 bridgehead atoms. The summed E-state index contributed by atoms with van der Waals surface area (Å²) in [4.78, 5) is 2.10. The summed E-state index contributed by atoms with van der Waals surface area (Å²) in [5.74, 6) is 0. The summed E-state index contributed by atoms with van der Waals surface area (Å²) in [6.07, 6.45) is 3.38. The SMILES string of the molecule is CCCCC1SC(c2ccc(N(C)C)cc2)=[N+](C)C1(C)O. The average molecular weight is 307 g/mol. The molecule has 2 rings (SSSR count). The van der Waals surface area contributed by atoms with Crippen molar-refractivity contribution in [1.29, 1.82) is 0 Å². The molecule has 1 heterocycles. The summed E-state index contributed by atoms with van der Waals surface area (Å²) in [7, 11) is 6.09. The highest BCUT2D eigenvalue weighted by molar-refractivity contribution is 8.15. The fraction of sp³-hybridized carbons (Fsp3) is 0.588. The van der Waals surface area contributed by atoms with Gasteiger partial charge in [0.25, 0.3) is 5.72 Å². The summed E-state index contributed by atoms with van der Waals surface area (Å²) < 4.78 is 2.03. The molecular formula is C17H27N2OS+. The molecule has 0 saturated heterocycles. The van der Waals surface area contributed by atoms with E-state index in [1.54, 1.807) is 0 Å². The van der Waals surface area contributed by atoms with Crippen LogP contribution in [-0.4, -0.2) is 46.8 Å². The number of benzene rings is 1. The highest BCUT2D eigenvalue weighted by Crippen LogP contribution is 2.38. The van der Waals surface area contributed by atoms with Crippen LogP contribution in [0.15, 0.2) is 24.3 Å². The van der Waals surface area contributed by atoms with Gasteiger partial charge in [0.1, 0.15) is 12.3 Å². The Labute approximate surface area is 132 Å². The maximum absolute atomic E-state index is 10.8. The van der Waals surface area contributed by atoms with Gasteiger partial charge in [-0.3, -0.25) is 0 Å². The molecule has 4 heteroatoms. The Morgan fingerprint density at radius 1 is 1.29 bits per heavy atom. The van der Waals surface area contributed by atoms with Crippen LogP contribution in [-0.2, 0) is 0 Å². The van der Waals surface area contributed by atoms with Crippen molar-refractivity contribution in [2.45, 2.75) is 44.1 Å². The van der Waals surface area contributed by atoms with Crippen molar-refractivity contribution in [2.24, 2.45) is 0 Å². The highest BCUT2D eigenvalue weighted by Gasteiger charge is 2.50. The molecular weight excluding hydrogens is 280 g/mol. The lowest BCUT2D eigenvalue weighted by Crippen LogP contribution is -2.42. The van der Waals surface area contributed by atoms with E-state index in [4.69, 9.17) is 0 Å². The second kappa shape index (κ2) is 6.41. The molecule has 1 N–H and O–H groups in total. The molecule has 1 aromatic carbocycles. The van der Waals surface area contributed by atoms with E-state index in [1.807, 2.05) is 44.4 Å². The van der Waals surface area contributed by atoms with E-state index in [1.165, 1.54) is 22.7 Å². The van der Waals surface area contributed by atoms with Crippen LogP contribution in [0.1, 0.15) is 38.7 Å². The average Bonchev–Trinajstić information content (AvgIpc) is 2.68. The number of rotatable bonds is 5. The topological polar surface area (TPSA) is 26.5 Å². The van der Waals surface area contributed by atoms with Crippen molar-refractivity contribution >= 4 is 22.5 Å². The first kappa shape index (κ1) is 16.4. The van der Waals surface area contributed by atoms with Gasteiger partial charge in [0.15, 0.2) is 0 Å². The lowest BCUT2D eigenvalue weighted by atomic mass is 10.1. The molecule has 3 nitrogen and oxygen atoms in total. The number of anilines is 1. The Bertz CT molecular complexity index is 520. The molecule has 1 aliphatic rings. The molecule has 21 heavy (non-hydrogen) atoms. The van der Waals surface area contributed by atoms with E-state index in [0.717, 1.165) is 12.8 Å². The molecule has 0 aromatic heterocycles. The van der Waals surface area contributed by atoms with Crippen LogP contribution in [0.25, 0.3) is 0 Å². The third kappa shape index (κ3) is 3.27. The number of thioether (sulfide) groups is 1. The molecule has 0 saturated carbocycles. The highest BCUT2D eigenvalue weighted by atomic mass is 32.2. The third-order valence-electron chi connectivity index (χ3n) is 4.30. The van der Waals surface area contributed by atoms with Gasteiger partial charge in [-0.15, -0.1) is 0 Å². The van der Waals surface area contributed by atoms with Crippen LogP contribution >= 0.6 is 11.8 Å². The molecule has 1 aliphatic heterocycles. The first-order chi connectivity index (χ1) is 9.87. The Hall–Kier alpha value is -1.00. The second-order valence-corrected chi connectivity index (χ2v) is 7.34. The van der Waals surface area contributed by atoms with Crippen molar-refractivity contribution in [1.82, 2.24) is 0 Å². The Morgan fingerprint density at radius 3 is 2.43 bits per heavy atom. The monoisotopic (exact) mass is 307 g/mol. The van der Waals surface area contributed by atoms with Crippen molar-refractivity contribution in [3.05, 3.63) is 29.8 Å². The molecule has 0 aliphatic carbocycles. The summed E-state index contributed by atoms with van der Waals surface area (Å²) in [6.45, 7) is 4.13. The third-order valence-corrected chi connectivity index (χ3v) is 6.00. The molecule has 0 fully saturated rings. The molecule has 0 spiro atoms. The lowest BCUT2D eigenvalue weighted by Gasteiger charge is -2.20. The molecule has 0 amide bonds. The van der Waals surface area contributed by atoms with E-state index in [-0.39, 0.29) is 5.25 Å². The summed E-state index contributed by atoms with van der Waals surface area (Å²) >= 11 is 1.81. The van der Waals surface area contributed by atoms with Crippen LogP contribution < -0.4 is 4.90 Å². The summed E-state index contributed by atoms with van der Waals surface area (Å²) in [5.41, 5.74) is 1.61. The quantitative estimate of drug-likeness (QED) is 0.847. The van der Waals surface area contributed by atoms with Gasteiger partial charge in [0.05, 0.1) is 5.56 Å². The second-order valence-electron chi connectivity index (χ2n) is 6.15. The molecule has 1 aromatic rings. The zero-order valence-corrected chi connectivity index (χ0v) is 14.6. The minimum atomic E-state index is -0.768. The first-order valence-corrected chi connectivity index (χ1v) is 8.53. The Balaban J connectivity index is 2.25. The fourth-order valence-corrected chi connectivity index (χ4v) is 4.18. The van der Waals surface area contributed by atoms with Crippen molar-refractivity contribution in [3.8, 4) is 0 Å². The van der Waals surface area contributed by atoms with Gasteiger partial charge in [0.2, 0.25) is 5.04 Å². The van der Waals surface area contributed by atoms with E-state index in [2.05, 4.69) is 36.1 Å². The standard InChI is InChI=1S/C17H27N2OS/c1-6-7-8-15-17(2,20)19(5)16(21-15)13-9-11-14(12-10-13)18(3)4/h9-12,15,20H,6-8H2,1-5H3/q+1. The Kier molecular flexibility index (Phi) is 4.99. The minimum Gasteiger partial charge on any atom is -0.378 e. The van der Waals surface area contributed by atoms with Gasteiger partial charge in [-0.1, -0.05) is 19.8 Å². The van der Waals surface area contributed by atoms with Gasteiger partial charge >= 0.3 is 0 Å². The van der Waals surface area contributed by atoms with Gasteiger partial charge in [-0.25, -0.2) is 0 Å². The molecule has 0 radical (unpaired) electrons. The maximum atomic E-state index is 10.8. The van der Waals surface area contributed by atoms with Gasteiger partial charge in [-0.2, -0.15) is 4.58 Å². The normalized spacial score (nSPS) is 25.5. The van der Waals surface area contributed by atoms with E-state index in [0.29, 0.717) is 0 Å². The largest absolute Gasteiger partial charge is 0.378 e. The predicted molar refractivity (Wildman–Crippen MR) is 92.6 cm³/mol. The van der Waals surface area contributed by atoms with Crippen molar-refractivity contribution in [3.63, 3.8) is 0 Å². The zero-order chi connectivity index (χ0) is 15.6. The Morgan fingerprint density at radius 2 is 1.90 bits per heavy atom. The smallest absolute Gasteiger partial charge is 0.275 e. The van der Waals surface area contributed by atoms with Crippen LogP contribution in [0.5, 0.6) is 0 Å². The van der Waals surface area contributed by atoms with Crippen LogP contribution in [0.4, 0.5) is 5.69 Å². The number of aliphatic hydroxyl groups is 1. The van der Waals surface area contributed by atoms with E-state index < -0.39 is 5.72 Å². The number of hydrogen-bond donors (Lipinski definition) is 1. The van der Waals surface area contributed by atoms with Crippen LogP contribution in [0.3, 0.4) is 0 Å². The van der Waals surface area contributed by atoms with Crippen LogP contribution in [0.2, 0.25) is 0 Å². The van der Waals surface area contributed by atoms with Crippen molar-refractivity contribution in [2.75, 3.05) is 26.0 Å². The summed E-state index contributed by atoms with van der Waals surface area (Å²) in [6, 6.07) is 8.55. The van der Waals surface area contributed by atoms with Gasteiger partial charge in [0, 0.05) is 26.7 Å². The summed E-state index contributed by atoms with van der Waals surface area (Å²) in [5, 5.41) is 12.2. The predicted octanol–water partition coefficient (Wildman–Crippen LogP) is 3.16. The molecule has 2 atom stereocenters. The zero-order valence-electron chi connectivity index (χ0n) is 13.8. The minimum absolute atomic E-state index is 0.242. The van der Waals surface area contributed by atoms with E-state index in [9.17, 15) is 5.11 Å². The van der Waals surface area contributed by atoms with Gasteiger partial charge in [-0.05, 0) is 42.4 Å².